The molecule has 2 spiro atoms. The Bertz CT molecular complexity index is 687. The number of hydrogen-bond acceptors (Lipinski definition) is 2. The number of hydrogen-bond donors (Lipinski definition) is 1. The molecule has 11 atom stereocenters. The molecule has 11 unspecified atom stereocenters. The van der Waals surface area contributed by atoms with Gasteiger partial charge in [0, 0.05) is 30.0 Å². The van der Waals surface area contributed by atoms with Crippen LogP contribution in [0.2, 0.25) is 0 Å². The van der Waals surface area contributed by atoms with Crippen molar-refractivity contribution in [2.45, 2.75) is 70.1 Å². The highest BCUT2D eigenvalue weighted by atomic mass is 16.3. The highest BCUT2D eigenvalue weighted by Crippen LogP contribution is 2.89. The van der Waals surface area contributed by atoms with Gasteiger partial charge in [0.2, 0.25) is 0 Å². The molecule has 23 heavy (non-hydrogen) atoms. The number of fused-ring (bicyclic) bond motifs is 1. The second-order valence-electron chi connectivity index (χ2n) is 11.1. The molecule has 2 heteroatoms. The SMILES string of the molecule is C=C1CC23CC4(C)C5C6(C)CCCC57C(C2C(O)C1CC37)N4C6. The molecule has 6 saturated carbocycles. The molecule has 9 bridgehead atoms. The van der Waals surface area contributed by atoms with Crippen molar-refractivity contribution >= 4 is 0 Å². The summed E-state index contributed by atoms with van der Waals surface area (Å²) >= 11 is 0. The van der Waals surface area contributed by atoms with Crippen LogP contribution in [0.5, 0.6) is 0 Å². The van der Waals surface area contributed by atoms with Crippen molar-refractivity contribution < 1.29 is 5.11 Å². The Balaban J connectivity index is 1.55. The smallest absolute Gasteiger partial charge is 0.0654 e. The Labute approximate surface area is 139 Å². The van der Waals surface area contributed by atoms with Gasteiger partial charge in [-0.2, -0.15) is 0 Å². The molecule has 124 valence electrons. The summed E-state index contributed by atoms with van der Waals surface area (Å²) in [6.07, 6.45) is 8.12. The van der Waals surface area contributed by atoms with E-state index in [9.17, 15) is 5.11 Å². The molecule has 3 heterocycles. The molecule has 0 radical (unpaired) electrons. The third kappa shape index (κ3) is 0.915. The van der Waals surface area contributed by atoms with E-state index in [1.165, 1.54) is 50.6 Å². The third-order valence-electron chi connectivity index (χ3n) is 10.7. The van der Waals surface area contributed by atoms with Crippen LogP contribution in [0.1, 0.15) is 52.4 Å². The van der Waals surface area contributed by atoms with E-state index >= 15 is 0 Å². The molecule has 3 saturated heterocycles. The van der Waals surface area contributed by atoms with Crippen molar-refractivity contribution in [3.63, 3.8) is 0 Å². The molecule has 6 aliphatic carbocycles. The van der Waals surface area contributed by atoms with E-state index < -0.39 is 0 Å². The second-order valence-corrected chi connectivity index (χ2v) is 11.1. The Morgan fingerprint density at radius 3 is 2.91 bits per heavy atom. The van der Waals surface area contributed by atoms with Crippen molar-refractivity contribution in [3.05, 3.63) is 12.2 Å². The quantitative estimate of drug-likeness (QED) is 0.694. The van der Waals surface area contributed by atoms with Crippen molar-refractivity contribution in [1.82, 2.24) is 4.90 Å². The van der Waals surface area contributed by atoms with Crippen molar-refractivity contribution in [1.29, 1.82) is 0 Å². The minimum Gasteiger partial charge on any atom is -0.392 e. The lowest BCUT2D eigenvalue weighted by Crippen LogP contribution is -2.66. The average molecular weight is 311 g/mol. The summed E-state index contributed by atoms with van der Waals surface area (Å²) in [5.74, 6) is 2.79. The maximum atomic E-state index is 11.3. The van der Waals surface area contributed by atoms with Crippen LogP contribution in [-0.2, 0) is 0 Å². The summed E-state index contributed by atoms with van der Waals surface area (Å²) in [5, 5.41) is 11.3. The molecular formula is C21H29NO. The molecular weight excluding hydrogens is 282 g/mol. The van der Waals surface area contributed by atoms with Gasteiger partial charge in [-0.25, -0.2) is 0 Å². The first-order valence-electron chi connectivity index (χ1n) is 10.0. The van der Waals surface area contributed by atoms with Crippen molar-refractivity contribution in [3.8, 4) is 0 Å². The first-order chi connectivity index (χ1) is 10.9. The lowest BCUT2D eigenvalue weighted by atomic mass is 9.38. The first kappa shape index (κ1) is 12.9. The summed E-state index contributed by atoms with van der Waals surface area (Å²) in [5.41, 5.74) is 3.35. The number of piperidine rings is 2. The normalized spacial score (nSPS) is 75.6. The van der Waals surface area contributed by atoms with Crippen LogP contribution in [0.15, 0.2) is 12.2 Å². The highest BCUT2D eigenvalue weighted by Gasteiger charge is 2.90. The summed E-state index contributed by atoms with van der Waals surface area (Å²) < 4.78 is 0. The van der Waals surface area contributed by atoms with Gasteiger partial charge in [-0.1, -0.05) is 25.5 Å². The highest BCUT2D eigenvalue weighted by molar-refractivity contribution is 5.43. The van der Waals surface area contributed by atoms with E-state index in [2.05, 4.69) is 25.3 Å². The predicted octanol–water partition coefficient (Wildman–Crippen LogP) is 3.21. The fourth-order valence-corrected chi connectivity index (χ4v) is 11.2. The van der Waals surface area contributed by atoms with Gasteiger partial charge >= 0.3 is 0 Å². The Morgan fingerprint density at radius 1 is 1.26 bits per heavy atom. The van der Waals surface area contributed by atoms with Crippen LogP contribution in [0.25, 0.3) is 0 Å². The van der Waals surface area contributed by atoms with Crippen LogP contribution in [0.3, 0.4) is 0 Å². The van der Waals surface area contributed by atoms with E-state index in [1.54, 1.807) is 0 Å². The van der Waals surface area contributed by atoms with Gasteiger partial charge in [0.15, 0.2) is 0 Å². The minimum absolute atomic E-state index is 0.0889. The molecule has 9 rings (SSSR count). The molecule has 0 aromatic rings. The van der Waals surface area contributed by atoms with Gasteiger partial charge in [-0.15, -0.1) is 0 Å². The Morgan fingerprint density at radius 2 is 2.09 bits per heavy atom. The molecule has 9 aliphatic rings. The maximum Gasteiger partial charge on any atom is 0.0654 e. The number of rotatable bonds is 0. The van der Waals surface area contributed by atoms with Gasteiger partial charge in [-0.05, 0) is 67.1 Å². The van der Waals surface area contributed by atoms with Gasteiger partial charge in [0.1, 0.15) is 0 Å². The molecule has 3 aliphatic heterocycles. The van der Waals surface area contributed by atoms with Crippen LogP contribution in [-0.4, -0.2) is 34.2 Å². The zero-order valence-corrected chi connectivity index (χ0v) is 14.5. The van der Waals surface area contributed by atoms with Crippen molar-refractivity contribution in [2.24, 2.45) is 39.9 Å². The lowest BCUT2D eigenvalue weighted by molar-refractivity contribution is -0.174. The topological polar surface area (TPSA) is 23.5 Å². The van der Waals surface area contributed by atoms with Crippen molar-refractivity contribution in [2.75, 3.05) is 6.54 Å². The average Bonchev–Trinajstić information content (AvgIpc) is 2.82. The molecule has 0 amide bonds. The summed E-state index contributed by atoms with van der Waals surface area (Å²) in [7, 11) is 0. The van der Waals surface area contributed by atoms with E-state index in [-0.39, 0.29) is 6.10 Å². The Kier molecular flexibility index (Phi) is 1.74. The summed E-state index contributed by atoms with van der Waals surface area (Å²) in [4.78, 5) is 2.96. The summed E-state index contributed by atoms with van der Waals surface area (Å²) in [6, 6.07) is 0.706. The minimum atomic E-state index is -0.0889. The number of aliphatic hydroxyl groups is 1. The molecule has 1 N–H and O–H groups in total. The zero-order chi connectivity index (χ0) is 15.6. The van der Waals surface area contributed by atoms with Crippen LogP contribution in [0, 0.1) is 39.9 Å². The van der Waals surface area contributed by atoms with Gasteiger partial charge in [0.25, 0.3) is 0 Å². The molecule has 0 aromatic heterocycles. The third-order valence-corrected chi connectivity index (χ3v) is 10.7. The van der Waals surface area contributed by atoms with E-state index in [0.29, 0.717) is 39.7 Å². The van der Waals surface area contributed by atoms with Gasteiger partial charge in [-0.3, -0.25) is 4.90 Å². The largest absolute Gasteiger partial charge is 0.392 e. The number of nitrogens with zero attached hydrogens (tertiary/aromatic N) is 1. The van der Waals surface area contributed by atoms with Crippen LogP contribution in [0.4, 0.5) is 0 Å². The Hall–Kier alpha value is -0.340. The first-order valence-corrected chi connectivity index (χ1v) is 10.0. The van der Waals surface area contributed by atoms with Gasteiger partial charge < -0.3 is 5.11 Å². The fourth-order valence-electron chi connectivity index (χ4n) is 11.2. The molecule has 9 fully saturated rings. The van der Waals surface area contributed by atoms with Crippen LogP contribution >= 0.6 is 0 Å². The van der Waals surface area contributed by atoms with E-state index in [1.807, 2.05) is 0 Å². The molecule has 2 nitrogen and oxygen atoms in total. The molecule has 0 aromatic carbocycles. The number of aliphatic hydroxyl groups excluding tert-OH is 1. The summed E-state index contributed by atoms with van der Waals surface area (Å²) in [6.45, 7) is 11.0. The van der Waals surface area contributed by atoms with Crippen LogP contribution < -0.4 is 0 Å². The maximum absolute atomic E-state index is 11.3. The fraction of sp³-hybridized carbons (Fsp3) is 0.905. The monoisotopic (exact) mass is 311 g/mol. The zero-order valence-electron chi connectivity index (χ0n) is 14.5. The second kappa shape index (κ2) is 3.09. The van der Waals surface area contributed by atoms with E-state index in [0.717, 1.165) is 11.8 Å². The lowest BCUT2D eigenvalue weighted by Gasteiger charge is -2.66. The standard InChI is InChI=1S/C21H29NO/c1-11-8-20-9-19(3)17-18(2)5-4-6-21(17)13(20)7-12(11)15(23)14(20)16(21)22(19)10-18/h12-17,23H,1,4-10H2,2-3H3. The predicted molar refractivity (Wildman–Crippen MR) is 88.7 cm³/mol. The van der Waals surface area contributed by atoms with E-state index in [4.69, 9.17) is 0 Å². The van der Waals surface area contributed by atoms with Gasteiger partial charge in [0.05, 0.1) is 6.10 Å².